The minimum Gasteiger partial charge on any atom is -0.481 e. The van der Waals surface area contributed by atoms with Crippen LogP contribution in [0, 0.1) is 0 Å². The molecule has 0 spiro atoms. The summed E-state index contributed by atoms with van der Waals surface area (Å²) >= 11 is 1.66. The van der Waals surface area contributed by atoms with Crippen molar-refractivity contribution in [2.45, 2.75) is 32.1 Å². The summed E-state index contributed by atoms with van der Waals surface area (Å²) in [6, 6.07) is 12.2. The molecular formula is C38H34F12N6O2P2RuS-2. The molecule has 0 unspecified atom stereocenters. The van der Waals surface area contributed by atoms with Crippen LogP contribution in [0.5, 0.6) is 0 Å². The van der Waals surface area contributed by atoms with E-state index in [1.807, 2.05) is 103 Å². The molecule has 0 atom stereocenters. The normalized spacial score (nSPS) is 19.1. The first-order valence-corrected chi connectivity index (χ1v) is 22.2. The standard InChI is InChI=1S/C18H18N2O2S.2C10H8N2.2F6P.Ru/c21-17(22)9-3-1-2-6-13-10-11-19-15(12-13)18-20-14-7-4-5-8-16(14)23-18;2*1-3-7-11-9(5-1)10-6-2-4-8-12-10;2*1-7(2,3,4,5)6;/h4-5,7-8,10-12H,1-3,6,9H2,(H,21,22);2*1-8H;;;/q;2*-2;2*-1;+4. The van der Waals surface area contributed by atoms with Crippen LogP contribution in [0.2, 0.25) is 0 Å². The molecule has 24 heteroatoms. The number of halogens is 12. The van der Waals surface area contributed by atoms with Crippen LogP contribution in [0.25, 0.3) is 42.2 Å². The molecule has 0 radical (unpaired) electrons. The molecular weight excluding hydrogens is 996 g/mol. The molecule has 4 aliphatic rings. The molecule has 1 N–H and O–H groups in total. The van der Waals surface area contributed by atoms with Crippen molar-refractivity contribution in [1.82, 2.24) is 9.97 Å². The summed E-state index contributed by atoms with van der Waals surface area (Å²) in [5.74, 6) is -0.716. The number of thiazole rings is 1. The van der Waals surface area contributed by atoms with Crippen molar-refractivity contribution >= 4 is 43.1 Å². The van der Waals surface area contributed by atoms with Gasteiger partial charge in [-0.05, 0) is 49.1 Å². The smallest absolute Gasteiger partial charge is 0.481 e. The fourth-order valence-corrected chi connectivity index (χ4v) is 5.50. The van der Waals surface area contributed by atoms with Gasteiger partial charge in [0.1, 0.15) is 5.01 Å². The van der Waals surface area contributed by atoms with Crippen LogP contribution < -0.4 is 0 Å². The first kappa shape index (κ1) is 53.1. The van der Waals surface area contributed by atoms with E-state index in [0.717, 1.165) is 64.7 Å². The Kier molecular flexibility index (Phi) is 17.9. The first-order chi connectivity index (χ1) is 28.1. The molecule has 6 heterocycles. The molecule has 4 aliphatic heterocycles. The van der Waals surface area contributed by atoms with E-state index in [1.54, 1.807) is 36.1 Å². The van der Waals surface area contributed by atoms with Crippen molar-refractivity contribution in [1.29, 1.82) is 0 Å². The Labute approximate surface area is 364 Å². The van der Waals surface area contributed by atoms with Crippen LogP contribution in [0.1, 0.15) is 31.2 Å². The molecule has 0 fully saturated rings. The predicted molar refractivity (Wildman–Crippen MR) is 220 cm³/mol. The summed E-state index contributed by atoms with van der Waals surface area (Å²) in [6.45, 7) is 0. The number of unbranched alkanes of at least 4 members (excludes halogenated alkanes) is 2. The zero-order valence-electron chi connectivity index (χ0n) is 31.5. The number of hydrogen-bond acceptors (Lipinski definition) is 4. The molecule has 62 heavy (non-hydrogen) atoms. The van der Waals surface area contributed by atoms with E-state index in [1.165, 1.54) is 10.3 Å². The third-order valence-electron chi connectivity index (χ3n) is 6.88. The van der Waals surface area contributed by atoms with Gasteiger partial charge in [-0.1, -0.05) is 91.5 Å². The number of carboxylic acid groups (broad SMARTS) is 1. The Bertz CT molecular complexity index is 2120. The number of para-hydroxylation sites is 1. The quantitative estimate of drug-likeness (QED) is 0.110. The van der Waals surface area contributed by atoms with Crippen LogP contribution in [0.4, 0.5) is 50.4 Å². The average Bonchev–Trinajstić information content (AvgIpc) is 3.62. The topological polar surface area (TPSA) is 119 Å². The van der Waals surface area contributed by atoms with Gasteiger partial charge in [0.05, 0.1) is 15.9 Å². The first-order valence-electron chi connectivity index (χ1n) is 17.4. The number of aliphatic carboxylic acids is 1. The van der Waals surface area contributed by atoms with Gasteiger partial charge in [-0.2, -0.15) is 47.6 Å². The maximum Gasteiger partial charge on any atom is 4.00 e. The zero-order chi connectivity index (χ0) is 45.3. The van der Waals surface area contributed by atoms with Gasteiger partial charge in [0.15, 0.2) is 0 Å². The number of carbonyl (C=O) groups is 1. The predicted octanol–water partition coefficient (Wildman–Crippen LogP) is 17.5. The molecule has 0 amide bonds. The number of pyridine rings is 1. The maximum atomic E-state index is 10.5. The molecule has 0 bridgehead atoms. The van der Waals surface area contributed by atoms with Crippen LogP contribution in [0.3, 0.4) is 0 Å². The summed E-state index contributed by atoms with van der Waals surface area (Å²) < 4.78 is 120. The second kappa shape index (κ2) is 20.9. The molecule has 0 aliphatic carbocycles. The third-order valence-corrected chi connectivity index (χ3v) is 7.94. The second-order valence-corrected chi connectivity index (χ2v) is 17.1. The van der Waals surface area contributed by atoms with Crippen molar-refractivity contribution in [3.05, 3.63) is 190 Å². The second-order valence-electron chi connectivity index (χ2n) is 12.3. The summed E-state index contributed by atoms with van der Waals surface area (Å²) in [5, 5.41) is 26.3. The van der Waals surface area contributed by atoms with E-state index >= 15 is 0 Å². The maximum absolute atomic E-state index is 10.7. The van der Waals surface area contributed by atoms with E-state index in [4.69, 9.17) is 5.11 Å². The summed E-state index contributed by atoms with van der Waals surface area (Å²) in [5.41, 5.74) is 6.81. The van der Waals surface area contributed by atoms with E-state index in [-0.39, 0.29) is 25.9 Å². The summed E-state index contributed by atoms with van der Waals surface area (Å²) in [6.07, 6.45) is 36.0. The number of aromatic nitrogens is 2. The Morgan fingerprint density at radius 2 is 1.02 bits per heavy atom. The zero-order valence-corrected chi connectivity index (χ0v) is 35.9. The van der Waals surface area contributed by atoms with Crippen LogP contribution in [0.15, 0.2) is 163 Å². The van der Waals surface area contributed by atoms with E-state index in [9.17, 15) is 55.2 Å². The number of benzene rings is 1. The van der Waals surface area contributed by atoms with Crippen molar-refractivity contribution < 1.29 is 79.7 Å². The Morgan fingerprint density at radius 3 is 1.39 bits per heavy atom. The molecule has 7 rings (SSSR count). The van der Waals surface area contributed by atoms with E-state index < -0.39 is 21.6 Å². The SMILES string of the molecule is C1=C[N-]C(=C2C=CC=C[N-]2)C=C1.C1=C[N-]C(=C2C=CC=C[N-]2)C=C1.F[P-](F)(F)(F)(F)F.F[P-](F)(F)(F)(F)F.O=C(O)CCCCCc1ccnc(-c2nc3ccccc3s2)c1.[Ru+4]. The Morgan fingerprint density at radius 1 is 0.597 bits per heavy atom. The number of nitrogens with zero attached hydrogens (tertiary/aromatic N) is 6. The number of fused-ring (bicyclic) bond motifs is 1. The fourth-order valence-electron chi connectivity index (χ4n) is 4.57. The minimum atomic E-state index is -10.7. The Hall–Kier alpha value is -5.03. The molecule has 8 nitrogen and oxygen atoms in total. The number of carboxylic acids is 1. The number of rotatable bonds is 7. The molecule has 2 aromatic heterocycles. The van der Waals surface area contributed by atoms with E-state index in [0.29, 0.717) is 0 Å². The van der Waals surface area contributed by atoms with Crippen molar-refractivity contribution in [2.24, 2.45) is 0 Å². The molecule has 1 aromatic carbocycles. The number of hydrogen-bond donors (Lipinski definition) is 1. The van der Waals surface area contributed by atoms with Gasteiger partial charge < -0.3 is 26.4 Å². The largest absolute Gasteiger partial charge is 4.00 e. The van der Waals surface area contributed by atoms with Crippen LogP contribution in [-0.4, -0.2) is 21.0 Å². The van der Waals surface area contributed by atoms with Crippen molar-refractivity contribution in [3.8, 4) is 10.7 Å². The van der Waals surface area contributed by atoms with Gasteiger partial charge >= 0.3 is 91.4 Å². The van der Waals surface area contributed by atoms with Crippen molar-refractivity contribution in [3.63, 3.8) is 0 Å². The fraction of sp³-hybridized carbons (Fsp3) is 0.132. The monoisotopic (exact) mass is 1030 g/mol. The molecule has 0 saturated heterocycles. The number of aryl methyl sites for hydroxylation is 1. The van der Waals surface area contributed by atoms with Gasteiger partial charge in [-0.3, -0.25) is 9.78 Å². The van der Waals surface area contributed by atoms with Gasteiger partial charge in [-0.15, -0.1) is 11.3 Å². The Balaban J connectivity index is 0.000000290. The summed E-state index contributed by atoms with van der Waals surface area (Å²) in [4.78, 5) is 19.6. The third kappa shape index (κ3) is 27.7. The van der Waals surface area contributed by atoms with Gasteiger partial charge in [0, 0.05) is 12.6 Å². The minimum absolute atomic E-state index is 0. The molecule has 0 saturated carbocycles. The molecule has 338 valence electrons. The van der Waals surface area contributed by atoms with Gasteiger partial charge in [0.2, 0.25) is 0 Å². The molecule has 3 aromatic rings. The summed E-state index contributed by atoms with van der Waals surface area (Å²) in [7, 11) is -21.3. The number of allylic oxidation sites excluding steroid dienone is 12. The van der Waals surface area contributed by atoms with Gasteiger partial charge in [0.25, 0.3) is 0 Å². The van der Waals surface area contributed by atoms with Crippen LogP contribution in [-0.2, 0) is 30.7 Å². The van der Waals surface area contributed by atoms with Crippen molar-refractivity contribution in [2.75, 3.05) is 0 Å². The average molecular weight is 1030 g/mol. The van der Waals surface area contributed by atoms with Crippen LogP contribution >= 0.6 is 27.0 Å². The van der Waals surface area contributed by atoms with E-state index in [2.05, 4.69) is 43.4 Å². The van der Waals surface area contributed by atoms with Gasteiger partial charge in [-0.25, -0.2) is 4.98 Å².